The molecule has 31 heavy (non-hydrogen) atoms. The van der Waals surface area contributed by atoms with Crippen LogP contribution in [0.3, 0.4) is 0 Å². The molecule has 1 aliphatic carbocycles. The van der Waals surface area contributed by atoms with Gasteiger partial charge in [-0.05, 0) is 43.1 Å². The molecule has 1 saturated carbocycles. The topological polar surface area (TPSA) is 72.4 Å². The number of hydrogen-bond donors (Lipinski definition) is 1. The summed E-state index contributed by atoms with van der Waals surface area (Å²) in [5, 5.41) is 3.51. The van der Waals surface area contributed by atoms with E-state index in [1.807, 2.05) is 31.6 Å². The Bertz CT molecular complexity index is 1140. The zero-order valence-corrected chi connectivity index (χ0v) is 17.8. The third-order valence-electron chi connectivity index (χ3n) is 7.00. The molecule has 0 radical (unpaired) electrons. The Labute approximate surface area is 181 Å². The van der Waals surface area contributed by atoms with Gasteiger partial charge >= 0.3 is 0 Å². The van der Waals surface area contributed by atoms with Crippen LogP contribution < -0.4 is 15.0 Å². The smallest absolute Gasteiger partial charge is 0.229 e. The van der Waals surface area contributed by atoms with Gasteiger partial charge in [0.2, 0.25) is 5.95 Å². The molecule has 0 unspecified atom stereocenters. The van der Waals surface area contributed by atoms with Crippen LogP contribution in [-0.4, -0.2) is 48.9 Å². The predicted octanol–water partition coefficient (Wildman–Crippen LogP) is 3.18. The number of methoxy groups -OCH3 is 1. The lowest BCUT2D eigenvalue weighted by molar-refractivity contribution is -0.0507. The molecule has 158 valence electrons. The summed E-state index contributed by atoms with van der Waals surface area (Å²) in [5.74, 6) is 1.48. The Morgan fingerprint density at radius 1 is 1.06 bits per heavy atom. The highest BCUT2D eigenvalue weighted by Gasteiger charge is 2.51. The molecule has 2 aromatic heterocycles. The fourth-order valence-electron chi connectivity index (χ4n) is 4.84. The molecule has 1 aromatic carbocycles. The van der Waals surface area contributed by atoms with Crippen molar-refractivity contribution in [2.45, 2.75) is 23.8 Å². The Kier molecular flexibility index (Phi) is 4.07. The number of benzene rings is 1. The predicted molar refractivity (Wildman–Crippen MR) is 118 cm³/mol. The maximum atomic E-state index is 5.63. The highest BCUT2D eigenvalue weighted by Crippen LogP contribution is 2.51. The summed E-state index contributed by atoms with van der Waals surface area (Å²) < 4.78 is 10.9. The third-order valence-corrected chi connectivity index (χ3v) is 7.00. The number of ether oxygens (including phenoxy) is 2. The van der Waals surface area contributed by atoms with Crippen molar-refractivity contribution in [1.29, 1.82) is 0 Å². The molecule has 6 rings (SSSR count). The van der Waals surface area contributed by atoms with Crippen molar-refractivity contribution in [2.24, 2.45) is 0 Å². The number of nitrogens with one attached hydrogen (secondary N) is 1. The third kappa shape index (κ3) is 2.84. The van der Waals surface area contributed by atoms with Gasteiger partial charge in [0, 0.05) is 48.0 Å². The molecular formula is C24H25N5O2. The maximum Gasteiger partial charge on any atom is 0.229 e. The summed E-state index contributed by atoms with van der Waals surface area (Å²) in [5.41, 5.74) is 5.71. The Morgan fingerprint density at radius 3 is 2.52 bits per heavy atom. The summed E-state index contributed by atoms with van der Waals surface area (Å²) in [6, 6.07) is 10.6. The molecule has 3 aromatic rings. The van der Waals surface area contributed by atoms with Crippen LogP contribution in [-0.2, 0) is 15.7 Å². The van der Waals surface area contributed by atoms with E-state index in [0.717, 1.165) is 36.8 Å². The first-order valence-electron chi connectivity index (χ1n) is 10.7. The van der Waals surface area contributed by atoms with Gasteiger partial charge in [0.15, 0.2) is 0 Å². The fourth-order valence-corrected chi connectivity index (χ4v) is 4.84. The minimum absolute atomic E-state index is 0.0423. The summed E-state index contributed by atoms with van der Waals surface area (Å²) >= 11 is 0. The minimum Gasteiger partial charge on any atom is -0.497 e. The monoisotopic (exact) mass is 415 g/mol. The first kappa shape index (κ1) is 18.7. The molecule has 3 aliphatic rings. The zero-order chi connectivity index (χ0) is 21.1. The van der Waals surface area contributed by atoms with Gasteiger partial charge in [-0.1, -0.05) is 12.1 Å². The molecule has 0 amide bonds. The van der Waals surface area contributed by atoms with Crippen LogP contribution in [0.15, 0.2) is 48.9 Å². The van der Waals surface area contributed by atoms with E-state index in [2.05, 4.69) is 33.4 Å². The lowest BCUT2D eigenvalue weighted by atomic mass is 9.80. The number of aromatic nitrogens is 3. The van der Waals surface area contributed by atoms with Crippen LogP contribution in [0.2, 0.25) is 0 Å². The molecule has 7 heteroatoms. The average Bonchev–Trinajstić information content (AvgIpc) is 3.53. The lowest BCUT2D eigenvalue weighted by Crippen LogP contribution is -2.49. The van der Waals surface area contributed by atoms with Crippen LogP contribution in [0, 0.1) is 0 Å². The molecule has 1 saturated heterocycles. The molecule has 1 spiro atoms. The van der Waals surface area contributed by atoms with Crippen molar-refractivity contribution in [3.63, 3.8) is 0 Å². The maximum absolute atomic E-state index is 5.63. The molecule has 1 N–H and O–H groups in total. The number of nitrogens with zero attached hydrogens (tertiary/aromatic N) is 4. The minimum atomic E-state index is 0.0423. The molecule has 4 heterocycles. The van der Waals surface area contributed by atoms with Gasteiger partial charge in [-0.25, -0.2) is 9.97 Å². The van der Waals surface area contributed by atoms with E-state index in [-0.39, 0.29) is 11.0 Å². The summed E-state index contributed by atoms with van der Waals surface area (Å²) in [7, 11) is 3.70. The van der Waals surface area contributed by atoms with E-state index in [9.17, 15) is 0 Å². The molecular weight excluding hydrogens is 390 g/mol. The first-order valence-corrected chi connectivity index (χ1v) is 10.7. The summed E-state index contributed by atoms with van der Waals surface area (Å²) in [6.07, 6.45) is 7.76. The number of pyridine rings is 1. The van der Waals surface area contributed by atoms with E-state index < -0.39 is 0 Å². The van der Waals surface area contributed by atoms with Crippen molar-refractivity contribution in [1.82, 2.24) is 20.3 Å². The van der Waals surface area contributed by atoms with Crippen molar-refractivity contribution in [3.05, 3.63) is 60.0 Å². The molecule has 2 aliphatic heterocycles. The van der Waals surface area contributed by atoms with Crippen molar-refractivity contribution in [2.75, 3.05) is 38.8 Å². The highest BCUT2D eigenvalue weighted by molar-refractivity contribution is 5.72. The van der Waals surface area contributed by atoms with Gasteiger partial charge in [0.05, 0.1) is 31.4 Å². The van der Waals surface area contributed by atoms with Crippen molar-refractivity contribution < 1.29 is 9.47 Å². The van der Waals surface area contributed by atoms with Gasteiger partial charge in [0.1, 0.15) is 5.75 Å². The first-order chi connectivity index (χ1) is 15.2. The lowest BCUT2D eigenvalue weighted by Gasteiger charge is -2.38. The Morgan fingerprint density at radius 2 is 1.87 bits per heavy atom. The van der Waals surface area contributed by atoms with Crippen molar-refractivity contribution in [3.8, 4) is 17.0 Å². The zero-order valence-electron chi connectivity index (χ0n) is 17.8. The second-order valence-electron chi connectivity index (χ2n) is 8.78. The molecule has 0 atom stereocenters. The number of anilines is 2. The number of rotatable bonds is 5. The van der Waals surface area contributed by atoms with Crippen molar-refractivity contribution >= 4 is 11.6 Å². The number of hydrogen-bond acceptors (Lipinski definition) is 7. The average molecular weight is 415 g/mol. The summed E-state index contributed by atoms with van der Waals surface area (Å²) in [6.45, 7) is 2.34. The molecule has 2 fully saturated rings. The normalized spacial score (nSPS) is 19.7. The van der Waals surface area contributed by atoms with Crippen LogP contribution in [0.25, 0.3) is 11.3 Å². The largest absolute Gasteiger partial charge is 0.497 e. The van der Waals surface area contributed by atoms with Gasteiger partial charge in [-0.15, -0.1) is 0 Å². The van der Waals surface area contributed by atoms with E-state index in [1.165, 1.54) is 29.7 Å². The Balaban J connectivity index is 1.37. The molecule has 7 nitrogen and oxygen atoms in total. The molecule has 0 bridgehead atoms. The quantitative estimate of drug-likeness (QED) is 0.686. The Hall–Kier alpha value is -3.03. The van der Waals surface area contributed by atoms with Gasteiger partial charge in [-0.2, -0.15) is 0 Å². The number of fused-ring (bicyclic) bond motifs is 2. The van der Waals surface area contributed by atoms with Gasteiger partial charge in [-0.3, -0.25) is 4.98 Å². The van der Waals surface area contributed by atoms with Crippen LogP contribution >= 0.6 is 0 Å². The SMILES string of the molecule is CNC1(c2ccc3c(c2)N(c2ncc(-c4cc(OC)ccn4)cn2)CC32COC2)CC1. The highest BCUT2D eigenvalue weighted by atomic mass is 16.5. The van der Waals surface area contributed by atoms with Crippen LogP contribution in [0.5, 0.6) is 5.75 Å². The summed E-state index contributed by atoms with van der Waals surface area (Å²) in [4.78, 5) is 16.1. The van der Waals surface area contributed by atoms with E-state index in [0.29, 0.717) is 5.95 Å². The van der Waals surface area contributed by atoms with Gasteiger partial charge in [0.25, 0.3) is 0 Å². The van der Waals surface area contributed by atoms with Crippen LogP contribution in [0.1, 0.15) is 24.0 Å². The fraction of sp³-hybridized carbons (Fsp3) is 0.375. The second kappa shape index (κ2) is 6.73. The van der Waals surface area contributed by atoms with Crippen LogP contribution in [0.4, 0.5) is 11.6 Å². The van der Waals surface area contributed by atoms with E-state index >= 15 is 0 Å². The van der Waals surface area contributed by atoms with E-state index in [1.54, 1.807) is 13.3 Å². The second-order valence-corrected chi connectivity index (χ2v) is 8.78. The standard InChI is InChI=1S/C24H25N5O2/c1-25-24(6-7-24)17-3-4-19-21(9-17)29(13-23(19)14-31-15-23)22-27-11-16(12-28-22)20-10-18(30-2)5-8-26-20/h3-5,8-12,25H,6-7,13-15H2,1-2H3. The van der Waals surface area contributed by atoms with Gasteiger partial charge < -0.3 is 19.7 Å². The van der Waals surface area contributed by atoms with E-state index in [4.69, 9.17) is 19.4 Å².